The van der Waals surface area contributed by atoms with E-state index in [1.807, 2.05) is 0 Å². The van der Waals surface area contributed by atoms with Crippen molar-refractivity contribution in [2.24, 2.45) is 17.7 Å². The van der Waals surface area contributed by atoms with E-state index in [0.717, 1.165) is 5.92 Å². The Bertz CT molecular complexity index is 230. The Hall–Kier alpha value is -0.120. The molecule has 0 spiro atoms. The van der Waals surface area contributed by atoms with Crippen molar-refractivity contribution < 1.29 is 4.74 Å². The van der Waals surface area contributed by atoms with Gasteiger partial charge in [-0.2, -0.15) is 0 Å². The molecule has 3 fully saturated rings. The van der Waals surface area contributed by atoms with Gasteiger partial charge >= 0.3 is 0 Å². The summed E-state index contributed by atoms with van der Waals surface area (Å²) in [6, 6.07) is 0.505. The molecule has 0 aromatic heterocycles. The summed E-state index contributed by atoms with van der Waals surface area (Å²) in [5, 5.41) is 0. The molecular weight excluding hydrogens is 188 g/mol. The van der Waals surface area contributed by atoms with Crippen LogP contribution in [0.2, 0.25) is 0 Å². The summed E-state index contributed by atoms with van der Waals surface area (Å²) in [4.78, 5) is 0. The fourth-order valence-corrected chi connectivity index (χ4v) is 3.55. The highest BCUT2D eigenvalue weighted by atomic mass is 16.5. The Morgan fingerprint density at radius 3 is 2.60 bits per heavy atom. The summed E-state index contributed by atoms with van der Waals surface area (Å²) in [5.74, 6) is 7.33. The van der Waals surface area contributed by atoms with Crippen LogP contribution in [0.25, 0.3) is 0 Å². The van der Waals surface area contributed by atoms with Gasteiger partial charge in [-0.3, -0.25) is 11.3 Å². The highest BCUT2D eigenvalue weighted by molar-refractivity contribution is 4.95. The van der Waals surface area contributed by atoms with Crippen molar-refractivity contribution in [1.29, 1.82) is 0 Å². The third-order valence-corrected chi connectivity index (χ3v) is 4.70. The van der Waals surface area contributed by atoms with E-state index in [4.69, 9.17) is 10.6 Å². The smallest absolute Gasteiger partial charge is 0.0624 e. The predicted octanol–water partition coefficient (Wildman–Crippen LogP) is 1.58. The van der Waals surface area contributed by atoms with Gasteiger partial charge in [-0.25, -0.2) is 0 Å². The third-order valence-electron chi connectivity index (χ3n) is 4.70. The van der Waals surface area contributed by atoms with Gasteiger partial charge in [-0.1, -0.05) is 19.3 Å². The average molecular weight is 210 g/mol. The Labute approximate surface area is 91.7 Å². The van der Waals surface area contributed by atoms with Crippen LogP contribution in [0.15, 0.2) is 0 Å². The summed E-state index contributed by atoms with van der Waals surface area (Å²) in [5.41, 5.74) is 3.05. The molecule has 3 N–H and O–H groups in total. The zero-order valence-electron chi connectivity index (χ0n) is 9.32. The first-order chi connectivity index (χ1) is 7.36. The molecule has 0 aromatic carbocycles. The van der Waals surface area contributed by atoms with Gasteiger partial charge in [0.05, 0.1) is 12.2 Å². The molecule has 2 saturated heterocycles. The lowest BCUT2D eigenvalue weighted by atomic mass is 9.75. The average Bonchev–Trinajstić information content (AvgIpc) is 2.77. The topological polar surface area (TPSA) is 47.3 Å². The normalized spacial score (nSPS) is 41.8. The fraction of sp³-hybridized carbons (Fsp3) is 1.00. The van der Waals surface area contributed by atoms with Crippen LogP contribution in [0, 0.1) is 11.8 Å². The Balaban J connectivity index is 1.58. The van der Waals surface area contributed by atoms with E-state index in [1.165, 1.54) is 44.9 Å². The molecular formula is C12H22N2O. The minimum absolute atomic E-state index is 0.505. The van der Waals surface area contributed by atoms with Crippen LogP contribution in [-0.2, 0) is 4.74 Å². The van der Waals surface area contributed by atoms with Gasteiger partial charge in [0.25, 0.3) is 0 Å². The van der Waals surface area contributed by atoms with Gasteiger partial charge in [0, 0.05) is 12.0 Å². The number of nitrogens with one attached hydrogen (secondary N) is 1. The van der Waals surface area contributed by atoms with Crippen LogP contribution < -0.4 is 11.3 Å². The van der Waals surface area contributed by atoms with Crippen molar-refractivity contribution >= 4 is 0 Å². The van der Waals surface area contributed by atoms with Crippen molar-refractivity contribution in [1.82, 2.24) is 5.43 Å². The van der Waals surface area contributed by atoms with Crippen molar-refractivity contribution in [3.8, 4) is 0 Å². The third kappa shape index (κ3) is 1.81. The lowest BCUT2D eigenvalue weighted by Gasteiger charge is -2.34. The van der Waals surface area contributed by atoms with Crippen molar-refractivity contribution in [2.75, 3.05) is 0 Å². The summed E-state index contributed by atoms with van der Waals surface area (Å²) in [6.45, 7) is 0. The molecule has 2 heterocycles. The Kier molecular flexibility index (Phi) is 2.71. The van der Waals surface area contributed by atoms with Crippen LogP contribution in [-0.4, -0.2) is 18.2 Å². The van der Waals surface area contributed by atoms with Gasteiger partial charge in [-0.15, -0.1) is 0 Å². The van der Waals surface area contributed by atoms with E-state index in [2.05, 4.69) is 5.43 Å². The highest BCUT2D eigenvalue weighted by Gasteiger charge is 2.44. The van der Waals surface area contributed by atoms with E-state index in [1.54, 1.807) is 0 Å². The van der Waals surface area contributed by atoms with Gasteiger partial charge in [-0.05, 0) is 31.6 Å². The first-order valence-corrected chi connectivity index (χ1v) is 6.48. The quantitative estimate of drug-likeness (QED) is 0.547. The summed E-state index contributed by atoms with van der Waals surface area (Å²) < 4.78 is 5.91. The Morgan fingerprint density at radius 1 is 1.27 bits per heavy atom. The molecule has 2 bridgehead atoms. The molecule has 0 aromatic rings. The van der Waals surface area contributed by atoms with E-state index < -0.39 is 0 Å². The number of nitrogens with two attached hydrogens (primary N) is 1. The number of hydrazine groups is 1. The summed E-state index contributed by atoms with van der Waals surface area (Å²) in [7, 11) is 0. The van der Waals surface area contributed by atoms with Crippen molar-refractivity contribution in [3.63, 3.8) is 0 Å². The molecule has 86 valence electrons. The van der Waals surface area contributed by atoms with Crippen molar-refractivity contribution in [2.45, 2.75) is 63.2 Å². The SMILES string of the molecule is NNC(CC1CCC1)C1CC2CCC1O2. The molecule has 1 saturated carbocycles. The second-order valence-corrected chi connectivity index (χ2v) is 5.58. The summed E-state index contributed by atoms with van der Waals surface area (Å²) in [6.07, 6.45) is 10.4. The van der Waals surface area contributed by atoms with Gasteiger partial charge < -0.3 is 4.74 Å². The first kappa shape index (κ1) is 10.1. The molecule has 1 aliphatic carbocycles. The molecule has 4 atom stereocenters. The molecule has 3 nitrogen and oxygen atoms in total. The van der Waals surface area contributed by atoms with Crippen LogP contribution in [0.5, 0.6) is 0 Å². The fourth-order valence-electron chi connectivity index (χ4n) is 3.55. The van der Waals surface area contributed by atoms with E-state index >= 15 is 0 Å². The van der Waals surface area contributed by atoms with Gasteiger partial charge in [0.15, 0.2) is 0 Å². The monoisotopic (exact) mass is 210 g/mol. The van der Waals surface area contributed by atoms with Crippen LogP contribution in [0.4, 0.5) is 0 Å². The standard InChI is InChI=1S/C12H22N2O/c13-14-11(6-8-2-1-3-8)10-7-9-4-5-12(10)15-9/h8-12,14H,1-7,13H2. The molecule has 3 rings (SSSR count). The highest BCUT2D eigenvalue weighted by Crippen LogP contribution is 2.42. The maximum atomic E-state index is 5.91. The molecule has 4 unspecified atom stereocenters. The zero-order chi connectivity index (χ0) is 10.3. The molecule has 3 aliphatic rings. The van der Waals surface area contributed by atoms with Crippen molar-refractivity contribution in [3.05, 3.63) is 0 Å². The number of rotatable bonds is 4. The molecule has 15 heavy (non-hydrogen) atoms. The maximum Gasteiger partial charge on any atom is 0.0624 e. The lowest BCUT2D eigenvalue weighted by molar-refractivity contribution is 0.0811. The maximum absolute atomic E-state index is 5.91. The number of hydrogen-bond acceptors (Lipinski definition) is 3. The second kappa shape index (κ2) is 4.04. The van der Waals surface area contributed by atoms with E-state index in [9.17, 15) is 0 Å². The number of ether oxygens (including phenoxy) is 1. The minimum Gasteiger partial charge on any atom is -0.375 e. The largest absolute Gasteiger partial charge is 0.375 e. The number of hydrogen-bond donors (Lipinski definition) is 2. The molecule has 3 heteroatoms. The minimum atomic E-state index is 0.505. The van der Waals surface area contributed by atoms with Crippen LogP contribution in [0.3, 0.4) is 0 Å². The first-order valence-electron chi connectivity index (χ1n) is 6.48. The lowest BCUT2D eigenvalue weighted by Crippen LogP contribution is -2.46. The zero-order valence-corrected chi connectivity index (χ0v) is 9.32. The van der Waals surface area contributed by atoms with Crippen LogP contribution in [0.1, 0.15) is 44.9 Å². The molecule has 0 amide bonds. The van der Waals surface area contributed by atoms with Gasteiger partial charge in [0.2, 0.25) is 0 Å². The molecule has 0 radical (unpaired) electrons. The van der Waals surface area contributed by atoms with E-state index in [0.29, 0.717) is 24.2 Å². The summed E-state index contributed by atoms with van der Waals surface area (Å²) >= 11 is 0. The van der Waals surface area contributed by atoms with E-state index in [-0.39, 0.29) is 0 Å². The number of fused-ring (bicyclic) bond motifs is 2. The Morgan fingerprint density at radius 2 is 2.13 bits per heavy atom. The second-order valence-electron chi connectivity index (χ2n) is 5.58. The van der Waals surface area contributed by atoms with Gasteiger partial charge in [0.1, 0.15) is 0 Å². The predicted molar refractivity (Wildman–Crippen MR) is 59.1 cm³/mol. The van der Waals surface area contributed by atoms with Crippen LogP contribution >= 0.6 is 0 Å². The molecule has 2 aliphatic heterocycles.